The van der Waals surface area contributed by atoms with E-state index in [1.807, 2.05) is 0 Å². The van der Waals surface area contributed by atoms with Crippen LogP contribution in [0.5, 0.6) is 0 Å². The van der Waals surface area contributed by atoms with Gasteiger partial charge >= 0.3 is 11.9 Å². The third-order valence-electron chi connectivity index (χ3n) is 6.12. The summed E-state index contributed by atoms with van der Waals surface area (Å²) >= 11 is 0. The number of carbonyl (C=O) groups is 2. The number of aliphatic carboxylic acids is 1. The second kappa shape index (κ2) is 9.90. The van der Waals surface area contributed by atoms with Gasteiger partial charge in [-0.25, -0.2) is 9.59 Å². The average Bonchev–Trinajstić information content (AvgIpc) is 3.36. The van der Waals surface area contributed by atoms with E-state index in [0.717, 1.165) is 32.1 Å². The molecule has 0 unspecified atom stereocenters. The second-order valence-electron chi connectivity index (χ2n) is 7.95. The van der Waals surface area contributed by atoms with Crippen LogP contribution in [0.4, 0.5) is 0 Å². The fourth-order valence-electron chi connectivity index (χ4n) is 4.54. The van der Waals surface area contributed by atoms with Gasteiger partial charge in [0.05, 0.1) is 7.11 Å². The molecule has 0 saturated carbocycles. The van der Waals surface area contributed by atoms with Crippen LogP contribution in [0, 0.1) is 0 Å². The van der Waals surface area contributed by atoms with Crippen molar-refractivity contribution in [3.63, 3.8) is 0 Å². The molecule has 2 aliphatic rings. The first-order chi connectivity index (χ1) is 14.5. The zero-order chi connectivity index (χ0) is 21.6. The van der Waals surface area contributed by atoms with Crippen molar-refractivity contribution in [2.45, 2.75) is 51.0 Å². The fourth-order valence-corrected chi connectivity index (χ4v) is 4.54. The predicted octanol–water partition coefficient (Wildman–Crippen LogP) is 4.53. The van der Waals surface area contributed by atoms with Crippen molar-refractivity contribution in [2.75, 3.05) is 20.2 Å². The Labute approximate surface area is 178 Å². The van der Waals surface area contributed by atoms with Gasteiger partial charge in [-0.3, -0.25) is 4.90 Å². The summed E-state index contributed by atoms with van der Waals surface area (Å²) in [7, 11) is 1.25. The van der Waals surface area contributed by atoms with E-state index in [2.05, 4.69) is 60.2 Å². The lowest BCUT2D eigenvalue weighted by molar-refractivity contribution is -0.167. The number of carbonyl (C=O) groups excluding carboxylic acids is 1. The van der Waals surface area contributed by atoms with E-state index in [-0.39, 0.29) is 0 Å². The number of unbranched alkanes of at least 4 members (excludes halogenated alkanes) is 2. The molecule has 4 rings (SSSR count). The van der Waals surface area contributed by atoms with E-state index in [1.54, 1.807) is 4.90 Å². The van der Waals surface area contributed by atoms with Crippen molar-refractivity contribution >= 4 is 11.9 Å². The highest BCUT2D eigenvalue weighted by Crippen LogP contribution is 2.35. The average molecular weight is 410 g/mol. The van der Waals surface area contributed by atoms with Crippen LogP contribution in [0.15, 0.2) is 48.5 Å². The van der Waals surface area contributed by atoms with Crippen molar-refractivity contribution in [2.24, 2.45) is 0 Å². The zero-order valence-electron chi connectivity index (χ0n) is 17.9. The molecule has 30 heavy (non-hydrogen) atoms. The lowest BCUT2D eigenvalue weighted by Crippen LogP contribution is -2.57. The Balaban J connectivity index is 0.000000175. The summed E-state index contributed by atoms with van der Waals surface area (Å²) in [5, 5.41) is 9.35. The Morgan fingerprint density at radius 2 is 1.63 bits per heavy atom. The molecule has 5 nitrogen and oxygen atoms in total. The highest BCUT2D eigenvalue weighted by molar-refractivity contribution is 6.04. The number of hydrogen-bond donors (Lipinski definition) is 1. The van der Waals surface area contributed by atoms with Crippen LogP contribution < -0.4 is 0 Å². The molecule has 1 aliphatic carbocycles. The first kappa shape index (κ1) is 22.0. The molecule has 1 fully saturated rings. The number of benzene rings is 2. The number of esters is 1. The van der Waals surface area contributed by atoms with Gasteiger partial charge in [0, 0.05) is 0 Å². The highest BCUT2D eigenvalue weighted by Gasteiger charge is 2.54. The Hall–Kier alpha value is -2.66. The monoisotopic (exact) mass is 409 g/mol. The Morgan fingerprint density at radius 3 is 2.17 bits per heavy atom. The van der Waals surface area contributed by atoms with Crippen LogP contribution in [-0.4, -0.2) is 47.7 Å². The van der Waals surface area contributed by atoms with Crippen molar-refractivity contribution in [1.82, 2.24) is 4.90 Å². The number of rotatable bonds is 6. The first-order valence-electron chi connectivity index (χ1n) is 10.8. The number of nitrogens with zero attached hydrogens (tertiary/aromatic N) is 1. The summed E-state index contributed by atoms with van der Waals surface area (Å²) in [5.41, 5.74) is 4.31. The van der Waals surface area contributed by atoms with Crippen molar-refractivity contribution in [1.29, 1.82) is 0 Å². The van der Waals surface area contributed by atoms with Gasteiger partial charge in [0.25, 0.3) is 0 Å². The molecule has 1 atom stereocenters. The molecule has 0 aromatic heterocycles. The van der Waals surface area contributed by atoms with E-state index in [0.29, 0.717) is 19.5 Å². The number of hydrogen-bond acceptors (Lipinski definition) is 4. The molecule has 0 amide bonds. The van der Waals surface area contributed by atoms with Gasteiger partial charge in [-0.1, -0.05) is 68.3 Å². The molecule has 5 heteroatoms. The lowest BCUT2D eigenvalue weighted by atomic mass is 9.96. The van der Waals surface area contributed by atoms with Crippen LogP contribution in [0.2, 0.25) is 0 Å². The Morgan fingerprint density at radius 1 is 1.03 bits per heavy atom. The third kappa shape index (κ3) is 4.26. The minimum absolute atomic E-state index is 0.348. The van der Waals surface area contributed by atoms with Crippen LogP contribution in [0.1, 0.15) is 50.2 Å². The summed E-state index contributed by atoms with van der Waals surface area (Å²) in [4.78, 5) is 25.0. The molecule has 0 bridgehead atoms. The Kier molecular flexibility index (Phi) is 7.27. The molecule has 1 heterocycles. The summed E-state index contributed by atoms with van der Waals surface area (Å²) in [6, 6.07) is 17.3. The van der Waals surface area contributed by atoms with Gasteiger partial charge in [-0.15, -0.1) is 0 Å². The van der Waals surface area contributed by atoms with E-state index in [4.69, 9.17) is 0 Å². The van der Waals surface area contributed by atoms with Gasteiger partial charge in [0.2, 0.25) is 5.54 Å². The molecule has 1 N–H and O–H groups in total. The largest absolute Gasteiger partial charge is 0.479 e. The molecule has 1 aliphatic heterocycles. The van der Waals surface area contributed by atoms with E-state index in [1.165, 1.54) is 29.4 Å². The first-order valence-corrected chi connectivity index (χ1v) is 10.8. The van der Waals surface area contributed by atoms with Crippen molar-refractivity contribution in [3.05, 3.63) is 59.7 Å². The van der Waals surface area contributed by atoms with Crippen LogP contribution in [0.3, 0.4) is 0 Å². The van der Waals surface area contributed by atoms with Crippen molar-refractivity contribution in [3.8, 4) is 11.1 Å². The van der Waals surface area contributed by atoms with Crippen LogP contribution in [0.25, 0.3) is 11.1 Å². The SMILES string of the molecule is CCCCCN1CCC[C@]1(C(=O)O)C(=O)OC.c1ccc2c(c1)Cc1ccccc1-2. The predicted molar refractivity (Wildman–Crippen MR) is 117 cm³/mol. The molecule has 1 saturated heterocycles. The molecular weight excluding hydrogens is 378 g/mol. The topological polar surface area (TPSA) is 66.8 Å². The van der Waals surface area contributed by atoms with Gasteiger partial charge < -0.3 is 9.84 Å². The van der Waals surface area contributed by atoms with Gasteiger partial charge in [0.1, 0.15) is 0 Å². The third-order valence-corrected chi connectivity index (χ3v) is 6.12. The zero-order valence-corrected chi connectivity index (χ0v) is 17.9. The summed E-state index contributed by atoms with van der Waals surface area (Å²) in [6.07, 6.45) is 5.23. The minimum atomic E-state index is -1.44. The van der Waals surface area contributed by atoms with Crippen LogP contribution in [-0.2, 0) is 20.7 Å². The van der Waals surface area contributed by atoms with E-state index < -0.39 is 17.5 Å². The number of ether oxygens (including phenoxy) is 1. The van der Waals surface area contributed by atoms with Gasteiger partial charge in [0.15, 0.2) is 0 Å². The number of carboxylic acid groups (broad SMARTS) is 1. The molecular formula is C25H31NO4. The van der Waals surface area contributed by atoms with E-state index >= 15 is 0 Å². The number of methoxy groups -OCH3 is 1. The molecule has 2 aromatic rings. The maximum atomic E-state index is 11.8. The number of fused-ring (bicyclic) bond motifs is 3. The van der Waals surface area contributed by atoms with Gasteiger partial charge in [-0.05, 0) is 61.0 Å². The summed E-state index contributed by atoms with van der Waals surface area (Å²) in [6.45, 7) is 3.40. The van der Waals surface area contributed by atoms with Gasteiger partial charge in [-0.2, -0.15) is 0 Å². The second-order valence-corrected chi connectivity index (χ2v) is 7.95. The normalized spacial score (nSPS) is 19.4. The molecule has 160 valence electrons. The number of likely N-dealkylation sites (tertiary alicyclic amines) is 1. The van der Waals surface area contributed by atoms with E-state index in [9.17, 15) is 14.7 Å². The smallest absolute Gasteiger partial charge is 0.338 e. The quantitative estimate of drug-likeness (QED) is 0.368. The summed E-state index contributed by atoms with van der Waals surface area (Å²) in [5.74, 6) is -1.72. The molecule has 2 aromatic carbocycles. The Bertz CT molecular complexity index is 851. The maximum absolute atomic E-state index is 11.8. The highest BCUT2D eigenvalue weighted by atomic mass is 16.5. The maximum Gasteiger partial charge on any atom is 0.338 e. The minimum Gasteiger partial charge on any atom is -0.479 e. The van der Waals surface area contributed by atoms with Crippen molar-refractivity contribution < 1.29 is 19.4 Å². The molecule has 0 radical (unpaired) electrons. The standard InChI is InChI=1S/C13H10.C12H21NO4/c1-3-7-12-10(5-1)9-11-6-2-4-8-13(11)12;1-3-4-5-8-13-9-6-7-12(13,10(14)15)11(16)17-2/h1-8H,9H2;3-9H2,1-2H3,(H,14,15)/t;12-/m.0/s1. The molecule has 0 spiro atoms. The lowest BCUT2D eigenvalue weighted by Gasteiger charge is -2.31. The number of carboxylic acids is 1. The van der Waals surface area contributed by atoms with Crippen LogP contribution >= 0.6 is 0 Å². The fraction of sp³-hybridized carbons (Fsp3) is 0.440. The summed E-state index contributed by atoms with van der Waals surface area (Å²) < 4.78 is 4.67.